The van der Waals surface area contributed by atoms with E-state index in [1.807, 2.05) is 48.5 Å². The van der Waals surface area contributed by atoms with E-state index in [2.05, 4.69) is 60.2 Å². The summed E-state index contributed by atoms with van der Waals surface area (Å²) in [5.74, 6) is -0.963. The predicted octanol–water partition coefficient (Wildman–Crippen LogP) is 11.4. The summed E-state index contributed by atoms with van der Waals surface area (Å²) in [6, 6.07) is 35.0. The molecule has 0 N–H and O–H groups in total. The average molecular weight is 786 g/mol. The van der Waals surface area contributed by atoms with Crippen molar-refractivity contribution in [2.75, 3.05) is 0 Å². The number of aryl methyl sites for hydroxylation is 2. The molecule has 0 saturated heterocycles. The monoisotopic (exact) mass is 786 g/mol. The van der Waals surface area contributed by atoms with Gasteiger partial charge in [0.2, 0.25) is 0 Å². The van der Waals surface area contributed by atoms with E-state index in [-0.39, 0.29) is 36.6 Å². The fraction of sp³-hybridized carbons (Fsp3) is 0.238. The van der Waals surface area contributed by atoms with Crippen molar-refractivity contribution in [2.45, 2.75) is 59.1 Å². The van der Waals surface area contributed by atoms with E-state index < -0.39 is 19.6 Å². The summed E-state index contributed by atoms with van der Waals surface area (Å²) in [7, 11) is 0. The van der Waals surface area contributed by atoms with Gasteiger partial charge in [0, 0.05) is 52.9 Å². The molecule has 0 aliphatic heterocycles. The molecular formula is C42H38IrN2O-2. The van der Waals surface area contributed by atoms with Crippen LogP contribution in [0.15, 0.2) is 108 Å². The second kappa shape index (κ2) is 13.3. The van der Waals surface area contributed by atoms with E-state index in [9.17, 15) is 1.37 Å². The first-order chi connectivity index (χ1) is 24.6. The zero-order valence-corrected chi connectivity index (χ0v) is 28.2. The third kappa shape index (κ3) is 6.43. The van der Waals surface area contributed by atoms with E-state index in [0.717, 1.165) is 51.2 Å². The number of benzene rings is 4. The van der Waals surface area contributed by atoms with E-state index in [1.165, 1.54) is 12.4 Å². The fourth-order valence-corrected chi connectivity index (χ4v) is 6.15. The van der Waals surface area contributed by atoms with Crippen molar-refractivity contribution in [1.82, 2.24) is 9.97 Å². The van der Waals surface area contributed by atoms with Crippen LogP contribution in [0.25, 0.3) is 55.2 Å². The Kier molecular flexibility index (Phi) is 6.98. The van der Waals surface area contributed by atoms with Gasteiger partial charge in [0.1, 0.15) is 5.58 Å². The maximum atomic E-state index is 9.35. The summed E-state index contributed by atoms with van der Waals surface area (Å²) in [5.41, 5.74) is 5.49. The van der Waals surface area contributed by atoms with E-state index in [4.69, 9.17) is 12.6 Å². The topological polar surface area (TPSA) is 38.9 Å². The summed E-state index contributed by atoms with van der Waals surface area (Å²) in [5, 5.41) is 4.13. The van der Waals surface area contributed by atoms with Gasteiger partial charge in [0.05, 0.1) is 5.58 Å². The second-order valence-corrected chi connectivity index (χ2v) is 12.5. The Hall–Kier alpha value is -4.11. The molecule has 1 radical (unpaired) electrons. The minimum Gasteiger partial charge on any atom is -0.500 e. The van der Waals surface area contributed by atoms with Crippen molar-refractivity contribution >= 4 is 32.7 Å². The molecule has 46 heavy (non-hydrogen) atoms. The van der Waals surface area contributed by atoms with Crippen LogP contribution in [-0.4, -0.2) is 9.97 Å². The van der Waals surface area contributed by atoms with Gasteiger partial charge in [-0.3, -0.25) is 0 Å². The molecule has 0 spiro atoms. The molecule has 0 unspecified atom stereocenters. The largest absolute Gasteiger partial charge is 0.500 e. The molecule has 0 amide bonds. The number of furan rings is 1. The Labute approximate surface area is 295 Å². The molecule has 3 nitrogen and oxygen atoms in total. The van der Waals surface area contributed by atoms with Crippen LogP contribution in [0, 0.1) is 31.3 Å². The first kappa shape index (κ1) is 24.1. The number of rotatable bonds is 3. The van der Waals surface area contributed by atoms with Crippen LogP contribution in [0.4, 0.5) is 0 Å². The Morgan fingerprint density at radius 2 is 1.59 bits per heavy atom. The molecule has 1 saturated carbocycles. The molecule has 7 aromatic rings. The number of fused-ring (bicyclic) bond motifs is 5. The number of hydrogen-bond donors (Lipinski definition) is 0. The maximum Gasteiger partial charge on any atom is 0.128 e. The van der Waals surface area contributed by atoms with Crippen LogP contribution in [0.1, 0.15) is 71.7 Å². The molecule has 1 fully saturated rings. The van der Waals surface area contributed by atoms with Gasteiger partial charge < -0.3 is 14.4 Å². The zero-order valence-electron chi connectivity index (χ0n) is 32.8. The van der Waals surface area contributed by atoms with Crippen molar-refractivity contribution < 1.29 is 34.1 Å². The van der Waals surface area contributed by atoms with Crippen molar-refractivity contribution in [2.24, 2.45) is 5.41 Å². The van der Waals surface area contributed by atoms with Crippen LogP contribution in [-0.2, 0) is 20.1 Å². The molecular weight excluding hydrogens is 741 g/mol. The Morgan fingerprint density at radius 3 is 2.35 bits per heavy atom. The summed E-state index contributed by atoms with van der Waals surface area (Å²) >= 11 is 0. The minimum absolute atomic E-state index is 0. The normalized spacial score (nSPS) is 18.0. The summed E-state index contributed by atoms with van der Waals surface area (Å²) in [6.45, 7) is 0.00808. The fourth-order valence-electron chi connectivity index (χ4n) is 6.15. The Bertz CT molecular complexity index is 2370. The van der Waals surface area contributed by atoms with Crippen LogP contribution in [0.3, 0.4) is 0 Å². The molecule has 0 atom stereocenters. The first-order valence-corrected chi connectivity index (χ1v) is 15.3. The summed E-state index contributed by atoms with van der Waals surface area (Å²) in [6.07, 6.45) is 5.84. The Morgan fingerprint density at radius 1 is 0.783 bits per heavy atom. The van der Waals surface area contributed by atoms with E-state index >= 15 is 0 Å². The van der Waals surface area contributed by atoms with Crippen molar-refractivity contribution in [3.05, 3.63) is 132 Å². The minimum atomic E-state index is -2.34. The molecule has 4 heteroatoms. The molecule has 3 aromatic heterocycles. The van der Waals surface area contributed by atoms with Gasteiger partial charge in [0.15, 0.2) is 0 Å². The standard InChI is InChI=1S/C30H28NO.C12H10N.Ir/c1-19-18-31-27(17-26(19)21-13-15-30(2,3)16-14-21)25-10-6-9-23-24-12-11-20-7-4-5-8-22(20)28(24)32-29(23)25;1-10-7-8-12(13-9-10)11-5-3-2-4-6-11;/h4-9,11-12,17-18,21H,13-16H2,1-3H3;2-5,7-9H,1H3;/q2*-1;/i1D3,21D;1D3;. The molecule has 4 aromatic carbocycles. The number of pyridine rings is 2. The van der Waals surface area contributed by atoms with Gasteiger partial charge in [-0.2, -0.15) is 0 Å². The maximum absolute atomic E-state index is 9.35. The third-order valence-corrected chi connectivity index (χ3v) is 8.82. The van der Waals surface area contributed by atoms with E-state index in [1.54, 1.807) is 18.2 Å². The molecule has 1 aliphatic rings. The van der Waals surface area contributed by atoms with Gasteiger partial charge in [-0.15, -0.1) is 54.1 Å². The van der Waals surface area contributed by atoms with Gasteiger partial charge >= 0.3 is 0 Å². The Balaban J connectivity index is 0.000000238. The van der Waals surface area contributed by atoms with Crippen LogP contribution in [0.2, 0.25) is 0 Å². The number of nitrogens with zero attached hydrogens (tertiary/aromatic N) is 2. The number of hydrogen-bond acceptors (Lipinski definition) is 3. The molecule has 8 rings (SSSR count). The summed E-state index contributed by atoms with van der Waals surface area (Å²) < 4.78 is 61.9. The van der Waals surface area contributed by atoms with Gasteiger partial charge in [-0.25, -0.2) is 0 Å². The third-order valence-electron chi connectivity index (χ3n) is 8.82. The van der Waals surface area contributed by atoms with Crippen LogP contribution in [0.5, 0.6) is 0 Å². The molecule has 3 heterocycles. The smallest absolute Gasteiger partial charge is 0.128 e. The van der Waals surface area contributed by atoms with E-state index in [0.29, 0.717) is 35.2 Å². The molecule has 1 aliphatic carbocycles. The number of aromatic nitrogens is 2. The van der Waals surface area contributed by atoms with Crippen molar-refractivity contribution in [1.29, 1.82) is 0 Å². The molecule has 233 valence electrons. The SMILES string of the molecule is [2H]C([2H])([2H])c1ccc(-c2[c-]cccc2)nc1.[2H]C([2H])([2H])c1cnc(-c2[c-]ccc3c2oc2c4ccccc4ccc32)cc1C1([2H])CCC(C)(C)CC1.[Ir]. The first-order valence-electron chi connectivity index (χ1n) is 18.8. The predicted molar refractivity (Wildman–Crippen MR) is 186 cm³/mol. The summed E-state index contributed by atoms with van der Waals surface area (Å²) in [4.78, 5) is 8.70. The van der Waals surface area contributed by atoms with Crippen LogP contribution < -0.4 is 0 Å². The van der Waals surface area contributed by atoms with Gasteiger partial charge in [-0.1, -0.05) is 79.4 Å². The quantitative estimate of drug-likeness (QED) is 0.168. The second-order valence-electron chi connectivity index (χ2n) is 12.5. The van der Waals surface area contributed by atoms with Crippen molar-refractivity contribution in [3.8, 4) is 22.5 Å². The average Bonchev–Trinajstić information content (AvgIpc) is 3.52. The van der Waals surface area contributed by atoms with Gasteiger partial charge in [-0.05, 0) is 84.2 Å². The zero-order chi connectivity index (χ0) is 36.9. The van der Waals surface area contributed by atoms with Crippen molar-refractivity contribution in [3.63, 3.8) is 0 Å². The molecule has 0 bridgehead atoms. The van der Waals surface area contributed by atoms with Gasteiger partial charge in [0.25, 0.3) is 0 Å². The van der Waals surface area contributed by atoms with Crippen LogP contribution >= 0.6 is 0 Å².